The van der Waals surface area contributed by atoms with Gasteiger partial charge in [0, 0.05) is 39.2 Å². The van der Waals surface area contributed by atoms with Crippen LogP contribution in [0.3, 0.4) is 0 Å². The minimum Gasteiger partial charge on any atom is -0.507 e. The van der Waals surface area contributed by atoms with E-state index in [1.165, 1.54) is 11.0 Å². The highest BCUT2D eigenvalue weighted by Crippen LogP contribution is 2.56. The lowest BCUT2D eigenvalue weighted by Gasteiger charge is -2.42. The van der Waals surface area contributed by atoms with Crippen LogP contribution in [0.1, 0.15) is 47.2 Å². The molecule has 4 aromatic carbocycles. The maximum Gasteiger partial charge on any atom is 0.238 e. The third-order valence-electron chi connectivity index (χ3n) is 10.2. The maximum absolute atomic E-state index is 14.3. The molecule has 0 aromatic heterocycles. The van der Waals surface area contributed by atoms with Crippen molar-refractivity contribution in [1.29, 1.82) is 0 Å². The lowest BCUT2D eigenvalue weighted by atomic mass is 9.59. The van der Waals surface area contributed by atoms with Crippen LogP contribution in [0.25, 0.3) is 10.8 Å². The van der Waals surface area contributed by atoms with Crippen molar-refractivity contribution in [3.8, 4) is 5.75 Å². The average Bonchev–Trinajstić information content (AvgIpc) is 3.36. The number of benzene rings is 4. The van der Waals surface area contributed by atoms with Gasteiger partial charge >= 0.3 is 0 Å². The van der Waals surface area contributed by atoms with Crippen LogP contribution in [-0.4, -0.2) is 34.3 Å². The Morgan fingerprint density at radius 1 is 0.766 bits per heavy atom. The molecule has 0 radical (unpaired) electrons. The molecule has 0 spiro atoms. The molecule has 1 N–H and O–H groups in total. The Kier molecular flexibility index (Phi) is 6.55. The molecule has 1 aliphatic heterocycles. The van der Waals surface area contributed by atoms with Gasteiger partial charge in [-0.15, -0.1) is 0 Å². The molecule has 7 nitrogen and oxygen atoms in total. The third kappa shape index (κ3) is 4.30. The quantitative estimate of drug-likeness (QED) is 0.122. The summed E-state index contributed by atoms with van der Waals surface area (Å²) in [5.74, 6) is -3.60. The molecule has 8 rings (SSSR count). The molecule has 4 atom stereocenters. The molecule has 0 unspecified atom stereocenters. The Balaban J connectivity index is 1.20. The zero-order valence-corrected chi connectivity index (χ0v) is 25.5. The van der Waals surface area contributed by atoms with E-state index in [1.54, 1.807) is 67.6 Å². The summed E-state index contributed by atoms with van der Waals surface area (Å²) in [5, 5.41) is 12.0. The first-order valence-electron chi connectivity index (χ1n) is 15.7. The molecule has 4 aromatic rings. The highest BCUT2D eigenvalue weighted by Gasteiger charge is 2.56. The van der Waals surface area contributed by atoms with Crippen molar-refractivity contribution in [1.82, 2.24) is 0 Å². The van der Waals surface area contributed by atoms with Crippen LogP contribution in [0.2, 0.25) is 0 Å². The Labute approximate surface area is 270 Å². The van der Waals surface area contributed by atoms with E-state index < -0.39 is 23.7 Å². The van der Waals surface area contributed by atoms with Crippen molar-refractivity contribution in [3.05, 3.63) is 142 Å². The number of aromatic hydroxyl groups is 1. The summed E-state index contributed by atoms with van der Waals surface area (Å²) < 4.78 is 0. The number of anilines is 1. The number of hydrogen-bond acceptors (Lipinski definition) is 6. The zero-order chi connectivity index (χ0) is 32.6. The predicted molar refractivity (Wildman–Crippen MR) is 176 cm³/mol. The van der Waals surface area contributed by atoms with Crippen LogP contribution in [0, 0.1) is 17.8 Å². The van der Waals surface area contributed by atoms with Crippen molar-refractivity contribution < 1.29 is 29.1 Å². The monoisotopic (exact) mass is 619 g/mol. The van der Waals surface area contributed by atoms with Gasteiger partial charge in [0.15, 0.2) is 17.3 Å². The van der Waals surface area contributed by atoms with E-state index in [-0.39, 0.29) is 41.3 Å². The fourth-order valence-electron chi connectivity index (χ4n) is 8.07. The number of hydrogen-bond donors (Lipinski definition) is 1. The molecule has 7 heteroatoms. The fraction of sp³-hybridized carbons (Fsp3) is 0.175. The van der Waals surface area contributed by atoms with Gasteiger partial charge in [0.2, 0.25) is 11.8 Å². The molecule has 1 saturated heterocycles. The Morgan fingerprint density at radius 3 is 2.19 bits per heavy atom. The highest BCUT2D eigenvalue weighted by molar-refractivity contribution is 6.25. The highest BCUT2D eigenvalue weighted by atomic mass is 16.3. The first kappa shape index (κ1) is 28.8. The molecule has 0 bridgehead atoms. The number of imide groups is 1. The van der Waals surface area contributed by atoms with Gasteiger partial charge in [-0.25, -0.2) is 0 Å². The fourth-order valence-corrected chi connectivity index (χ4v) is 8.07. The number of allylic oxidation sites excluding steroid dienone is 6. The molecule has 2 amide bonds. The van der Waals surface area contributed by atoms with Gasteiger partial charge in [0.25, 0.3) is 0 Å². The SMILES string of the molecule is CC1=CC(=O)C2=C(C[C@@H]3C(=CC[C@@H]4C(=O)N(c5ccc(C(=O)c6ccccc6)cc5)C(=O)[C@@H]43)[C@@H]2c2ccc(O)c3ccccc23)C1=O. The van der Waals surface area contributed by atoms with Crippen LogP contribution in [-0.2, 0) is 19.2 Å². The number of Topliss-reactive ketones (excluding diaryl/α,β-unsaturated/α-hetero) is 1. The number of phenolic OH excluding ortho intramolecular Hbond substituents is 1. The molecule has 230 valence electrons. The van der Waals surface area contributed by atoms with Crippen LogP contribution < -0.4 is 4.90 Å². The minimum absolute atomic E-state index is 0.106. The zero-order valence-electron chi connectivity index (χ0n) is 25.5. The molecule has 1 heterocycles. The van der Waals surface area contributed by atoms with Gasteiger partial charge in [0.1, 0.15) is 5.75 Å². The summed E-state index contributed by atoms with van der Waals surface area (Å²) in [5.41, 5.74) is 4.14. The van der Waals surface area contributed by atoms with Gasteiger partial charge < -0.3 is 5.11 Å². The number of amides is 2. The molecule has 47 heavy (non-hydrogen) atoms. The van der Waals surface area contributed by atoms with E-state index in [1.807, 2.05) is 36.4 Å². The van der Waals surface area contributed by atoms with Gasteiger partial charge in [-0.05, 0) is 73.0 Å². The Bertz CT molecular complexity index is 2170. The minimum atomic E-state index is -0.720. The van der Waals surface area contributed by atoms with E-state index in [4.69, 9.17) is 0 Å². The van der Waals surface area contributed by atoms with Gasteiger partial charge in [-0.3, -0.25) is 28.9 Å². The smallest absolute Gasteiger partial charge is 0.238 e. The number of fused-ring (bicyclic) bond motifs is 4. The third-order valence-corrected chi connectivity index (χ3v) is 10.2. The summed E-state index contributed by atoms with van der Waals surface area (Å²) in [6, 6.07) is 26.2. The summed E-state index contributed by atoms with van der Waals surface area (Å²) in [6.07, 6.45) is 3.87. The number of ketones is 3. The molecule has 4 aliphatic rings. The number of rotatable bonds is 4. The number of carbonyl (C=O) groups excluding carboxylic acids is 5. The van der Waals surface area contributed by atoms with E-state index >= 15 is 0 Å². The maximum atomic E-state index is 14.3. The van der Waals surface area contributed by atoms with E-state index in [0.29, 0.717) is 45.3 Å². The van der Waals surface area contributed by atoms with Crippen LogP contribution in [0.4, 0.5) is 5.69 Å². The summed E-state index contributed by atoms with van der Waals surface area (Å²) in [6.45, 7) is 1.63. The summed E-state index contributed by atoms with van der Waals surface area (Å²) in [4.78, 5) is 69.8. The van der Waals surface area contributed by atoms with E-state index in [9.17, 15) is 29.1 Å². The standard InChI is InChI=1S/C40H29NO6/c1-21-19-33(43)36-31(37(21)44)20-30-28(34(36)27-17-18-32(42)26-10-6-5-9-25(26)27)15-16-29-35(30)40(47)41(39(29)46)24-13-11-23(12-14-24)38(45)22-7-3-2-4-8-22/h2-15,17-19,29-30,34-35,42H,16,20H2,1H3/t29-,30+,34-,35-/m0/s1. The van der Waals surface area contributed by atoms with Crippen molar-refractivity contribution in [3.63, 3.8) is 0 Å². The molecular weight excluding hydrogens is 590 g/mol. The predicted octanol–water partition coefficient (Wildman–Crippen LogP) is 6.41. The second-order valence-electron chi connectivity index (χ2n) is 12.7. The number of phenols is 1. The average molecular weight is 620 g/mol. The lowest BCUT2D eigenvalue weighted by Crippen LogP contribution is -2.39. The van der Waals surface area contributed by atoms with Gasteiger partial charge in [0.05, 0.1) is 17.5 Å². The molecule has 0 saturated carbocycles. The largest absolute Gasteiger partial charge is 0.507 e. The van der Waals surface area contributed by atoms with Crippen molar-refractivity contribution >= 4 is 45.6 Å². The van der Waals surface area contributed by atoms with Crippen molar-refractivity contribution in [2.75, 3.05) is 4.90 Å². The van der Waals surface area contributed by atoms with Crippen LogP contribution in [0.15, 0.2) is 125 Å². The molecular formula is C40H29NO6. The van der Waals surface area contributed by atoms with Gasteiger partial charge in [-0.1, -0.05) is 72.3 Å². The van der Waals surface area contributed by atoms with Gasteiger partial charge in [-0.2, -0.15) is 0 Å². The summed E-state index contributed by atoms with van der Waals surface area (Å²) >= 11 is 0. The second kappa shape index (κ2) is 10.7. The number of nitrogens with zero attached hydrogens (tertiary/aromatic N) is 1. The number of carbonyl (C=O) groups is 5. The Hall–Kier alpha value is -5.69. The van der Waals surface area contributed by atoms with Crippen molar-refractivity contribution in [2.45, 2.75) is 25.7 Å². The topological polar surface area (TPSA) is 109 Å². The van der Waals surface area contributed by atoms with E-state index in [2.05, 4.69) is 0 Å². The molecule has 3 aliphatic carbocycles. The van der Waals surface area contributed by atoms with Crippen molar-refractivity contribution in [2.24, 2.45) is 17.8 Å². The summed E-state index contributed by atoms with van der Waals surface area (Å²) in [7, 11) is 0. The van der Waals surface area contributed by atoms with Crippen LogP contribution in [0.5, 0.6) is 5.75 Å². The second-order valence-corrected chi connectivity index (χ2v) is 12.7. The van der Waals surface area contributed by atoms with Crippen LogP contribution >= 0.6 is 0 Å². The normalized spacial score (nSPS) is 23.7. The van der Waals surface area contributed by atoms with E-state index in [0.717, 1.165) is 16.5 Å². The first-order chi connectivity index (χ1) is 22.7. The Morgan fingerprint density at radius 2 is 1.45 bits per heavy atom. The lowest BCUT2D eigenvalue weighted by molar-refractivity contribution is -0.123. The first-order valence-corrected chi connectivity index (χ1v) is 15.7. The molecule has 1 fully saturated rings.